The van der Waals surface area contributed by atoms with Gasteiger partial charge in [0.1, 0.15) is 10.7 Å². The minimum absolute atomic E-state index is 0.133. The summed E-state index contributed by atoms with van der Waals surface area (Å²) in [7, 11) is 0. The number of nitrogens with zero attached hydrogens (tertiary/aromatic N) is 1. The Morgan fingerprint density at radius 1 is 1.14 bits per heavy atom. The molecule has 0 aliphatic rings. The van der Waals surface area contributed by atoms with Gasteiger partial charge in [-0.1, -0.05) is 66.6 Å². The highest BCUT2D eigenvalue weighted by molar-refractivity contribution is 7.17. The van der Waals surface area contributed by atoms with Crippen molar-refractivity contribution < 1.29 is 0 Å². The lowest BCUT2D eigenvalue weighted by atomic mass is 10.0. The van der Waals surface area contributed by atoms with Crippen molar-refractivity contribution in [3.8, 4) is 11.1 Å². The van der Waals surface area contributed by atoms with Crippen LogP contribution in [0.5, 0.6) is 0 Å². The van der Waals surface area contributed by atoms with Crippen LogP contribution in [0.4, 0.5) is 0 Å². The predicted octanol–water partition coefficient (Wildman–Crippen LogP) is 5.85. The maximum absolute atomic E-state index is 12.8. The van der Waals surface area contributed by atoms with Gasteiger partial charge in [-0.3, -0.25) is 4.79 Å². The molecule has 0 fully saturated rings. The summed E-state index contributed by atoms with van der Waals surface area (Å²) < 4.78 is 0. The third kappa shape index (κ3) is 4.13. The molecule has 0 radical (unpaired) electrons. The fourth-order valence-corrected chi connectivity index (χ4v) is 4.67. The first-order valence-corrected chi connectivity index (χ1v) is 10.9. The first-order chi connectivity index (χ1) is 14.1. The zero-order chi connectivity index (χ0) is 20.4. The zero-order valence-corrected chi connectivity index (χ0v) is 17.9. The van der Waals surface area contributed by atoms with E-state index in [1.54, 1.807) is 0 Å². The molecule has 0 aliphatic carbocycles. The Kier molecular flexibility index (Phi) is 5.81. The van der Waals surface area contributed by atoms with Crippen molar-refractivity contribution in [1.29, 1.82) is 0 Å². The smallest absolute Gasteiger partial charge is 0.260 e. The summed E-state index contributed by atoms with van der Waals surface area (Å²) in [6.45, 7) is 4.73. The maximum atomic E-state index is 12.8. The summed E-state index contributed by atoms with van der Waals surface area (Å²) in [5, 5.41) is 6.68. The predicted molar refractivity (Wildman–Crippen MR) is 122 cm³/mol. The Labute approximate surface area is 178 Å². The molecule has 29 heavy (non-hydrogen) atoms. The number of H-pyrrole nitrogens is 1. The number of fused-ring (bicyclic) bond motifs is 1. The molecule has 2 aromatic heterocycles. The van der Waals surface area contributed by atoms with Crippen LogP contribution >= 0.6 is 22.9 Å². The second-order valence-corrected chi connectivity index (χ2v) is 8.34. The molecule has 148 valence electrons. The summed E-state index contributed by atoms with van der Waals surface area (Å²) in [4.78, 5) is 21.2. The van der Waals surface area contributed by atoms with E-state index in [0.29, 0.717) is 22.8 Å². The summed E-state index contributed by atoms with van der Waals surface area (Å²) in [6.07, 6.45) is 0.950. The molecule has 0 aliphatic heterocycles. The summed E-state index contributed by atoms with van der Waals surface area (Å²) in [6, 6.07) is 16.3. The molecule has 4 rings (SSSR count). The van der Waals surface area contributed by atoms with E-state index < -0.39 is 0 Å². The van der Waals surface area contributed by atoms with Crippen molar-refractivity contribution >= 4 is 33.2 Å². The number of aromatic amines is 1. The van der Waals surface area contributed by atoms with Crippen molar-refractivity contribution in [3.63, 3.8) is 0 Å². The van der Waals surface area contributed by atoms with Crippen molar-refractivity contribution in [3.05, 3.63) is 86.2 Å². The van der Waals surface area contributed by atoms with Crippen LogP contribution in [-0.2, 0) is 6.54 Å². The molecule has 0 bridgehead atoms. The standard InChI is InChI=1S/C23H22ClN3OS/c1-3-19(15-10-8-14(2)9-11-15)25-12-20-26-22(28)21-17(13-29-23(21)27-20)16-6-4-5-7-18(16)24/h4-11,13,19,25H,3,12H2,1-2H3,(H,26,27,28)/t19-/m1/s1. The average Bonchev–Trinajstić information content (AvgIpc) is 3.14. The zero-order valence-electron chi connectivity index (χ0n) is 16.3. The van der Waals surface area contributed by atoms with E-state index in [9.17, 15) is 4.79 Å². The summed E-state index contributed by atoms with van der Waals surface area (Å²) >= 11 is 7.80. The van der Waals surface area contributed by atoms with Gasteiger partial charge in [-0.25, -0.2) is 4.98 Å². The molecule has 2 heterocycles. The van der Waals surface area contributed by atoms with Crippen LogP contribution < -0.4 is 10.9 Å². The van der Waals surface area contributed by atoms with Gasteiger partial charge in [0, 0.05) is 27.6 Å². The van der Waals surface area contributed by atoms with Gasteiger partial charge < -0.3 is 10.3 Å². The van der Waals surface area contributed by atoms with Gasteiger partial charge in [0.05, 0.1) is 11.9 Å². The lowest BCUT2D eigenvalue weighted by Crippen LogP contribution is -2.23. The van der Waals surface area contributed by atoms with Gasteiger partial charge in [0.15, 0.2) is 0 Å². The fraction of sp³-hybridized carbons (Fsp3) is 0.217. The highest BCUT2D eigenvalue weighted by Gasteiger charge is 2.15. The molecular weight excluding hydrogens is 402 g/mol. The van der Waals surface area contributed by atoms with Gasteiger partial charge >= 0.3 is 0 Å². The lowest BCUT2D eigenvalue weighted by Gasteiger charge is -2.17. The van der Waals surface area contributed by atoms with E-state index in [-0.39, 0.29) is 11.6 Å². The highest BCUT2D eigenvalue weighted by atomic mass is 35.5. The van der Waals surface area contributed by atoms with Crippen molar-refractivity contribution in [2.45, 2.75) is 32.9 Å². The van der Waals surface area contributed by atoms with Crippen LogP contribution in [0.3, 0.4) is 0 Å². The number of thiophene rings is 1. The molecular formula is C23H22ClN3OS. The average molecular weight is 424 g/mol. The van der Waals surface area contributed by atoms with Gasteiger partial charge in [-0.15, -0.1) is 11.3 Å². The van der Waals surface area contributed by atoms with E-state index in [1.807, 2.05) is 29.6 Å². The minimum Gasteiger partial charge on any atom is -0.309 e. The van der Waals surface area contributed by atoms with Gasteiger partial charge in [0.2, 0.25) is 0 Å². The molecule has 4 nitrogen and oxygen atoms in total. The normalized spacial score (nSPS) is 12.4. The van der Waals surface area contributed by atoms with E-state index in [2.05, 4.69) is 53.4 Å². The number of aromatic nitrogens is 2. The van der Waals surface area contributed by atoms with Gasteiger partial charge in [0.25, 0.3) is 5.56 Å². The van der Waals surface area contributed by atoms with Crippen LogP contribution in [0.15, 0.2) is 58.7 Å². The molecule has 2 N–H and O–H groups in total. The number of rotatable bonds is 6. The fourth-order valence-electron chi connectivity index (χ4n) is 3.47. The quantitative estimate of drug-likeness (QED) is 0.408. The topological polar surface area (TPSA) is 57.8 Å². The minimum atomic E-state index is -0.133. The van der Waals surface area contributed by atoms with Crippen molar-refractivity contribution in [2.75, 3.05) is 0 Å². The maximum Gasteiger partial charge on any atom is 0.260 e. The van der Waals surface area contributed by atoms with Gasteiger partial charge in [-0.05, 0) is 25.0 Å². The van der Waals surface area contributed by atoms with Crippen LogP contribution in [0.2, 0.25) is 5.02 Å². The van der Waals surface area contributed by atoms with Crippen LogP contribution in [0.1, 0.15) is 36.3 Å². The van der Waals surface area contributed by atoms with Crippen LogP contribution in [0.25, 0.3) is 21.3 Å². The van der Waals surface area contributed by atoms with E-state index in [4.69, 9.17) is 11.6 Å². The molecule has 2 aromatic carbocycles. The third-order valence-electron chi connectivity index (χ3n) is 5.06. The Morgan fingerprint density at radius 2 is 1.90 bits per heavy atom. The molecule has 4 aromatic rings. The van der Waals surface area contributed by atoms with Crippen LogP contribution in [0, 0.1) is 6.92 Å². The lowest BCUT2D eigenvalue weighted by molar-refractivity contribution is 0.508. The van der Waals surface area contributed by atoms with E-state index >= 15 is 0 Å². The Bertz CT molecular complexity index is 1200. The molecule has 0 saturated heterocycles. The van der Waals surface area contributed by atoms with Crippen LogP contribution in [-0.4, -0.2) is 9.97 Å². The molecule has 1 atom stereocenters. The first kappa shape index (κ1) is 19.8. The highest BCUT2D eigenvalue weighted by Crippen LogP contribution is 2.34. The molecule has 0 amide bonds. The van der Waals surface area contributed by atoms with Crippen molar-refractivity contribution in [1.82, 2.24) is 15.3 Å². The SMILES string of the molecule is CC[C@@H](NCc1nc2scc(-c3ccccc3Cl)c2c(=O)[nH]1)c1ccc(C)cc1. The third-order valence-corrected chi connectivity index (χ3v) is 6.26. The number of benzene rings is 2. The number of hydrogen-bond acceptors (Lipinski definition) is 4. The monoisotopic (exact) mass is 423 g/mol. The second kappa shape index (κ2) is 8.49. The largest absolute Gasteiger partial charge is 0.309 e. The van der Waals surface area contributed by atoms with E-state index in [0.717, 1.165) is 22.4 Å². The van der Waals surface area contributed by atoms with Crippen molar-refractivity contribution in [2.24, 2.45) is 0 Å². The summed E-state index contributed by atoms with van der Waals surface area (Å²) in [5.74, 6) is 0.639. The Hall–Kier alpha value is -2.47. The number of hydrogen-bond donors (Lipinski definition) is 2. The van der Waals surface area contributed by atoms with Gasteiger partial charge in [-0.2, -0.15) is 0 Å². The molecule has 0 spiro atoms. The molecule has 6 heteroatoms. The Morgan fingerprint density at radius 3 is 2.62 bits per heavy atom. The summed E-state index contributed by atoms with van der Waals surface area (Å²) in [5.41, 5.74) is 4.02. The number of aryl methyl sites for hydroxylation is 1. The molecule has 0 saturated carbocycles. The number of nitrogens with one attached hydrogen (secondary N) is 2. The molecule has 0 unspecified atom stereocenters. The number of halogens is 1. The van der Waals surface area contributed by atoms with E-state index in [1.165, 1.54) is 22.5 Å². The second-order valence-electron chi connectivity index (χ2n) is 7.07. The first-order valence-electron chi connectivity index (χ1n) is 9.62. The Balaban J connectivity index is 1.60.